The number of hydrogen-bond acceptors (Lipinski definition) is 5. The summed E-state index contributed by atoms with van der Waals surface area (Å²) in [6, 6.07) is 12.5. The van der Waals surface area contributed by atoms with Crippen LogP contribution < -0.4 is 5.32 Å². The van der Waals surface area contributed by atoms with Crippen LogP contribution in [0.3, 0.4) is 0 Å². The first-order valence-corrected chi connectivity index (χ1v) is 18.3. The van der Waals surface area contributed by atoms with Crippen LogP contribution in [0.25, 0.3) is 22.6 Å². The van der Waals surface area contributed by atoms with Crippen LogP contribution in [-0.4, -0.2) is 48.9 Å². The molecule has 0 unspecified atom stereocenters. The molecule has 0 aliphatic carbocycles. The van der Waals surface area contributed by atoms with Crippen molar-refractivity contribution in [1.29, 1.82) is 5.26 Å². The minimum absolute atomic E-state index is 0.00233. The van der Waals surface area contributed by atoms with Crippen molar-refractivity contribution in [1.82, 2.24) is 10.3 Å². The zero-order valence-electron chi connectivity index (χ0n) is 23.8. The van der Waals surface area contributed by atoms with Crippen molar-refractivity contribution in [3.05, 3.63) is 53.1 Å². The van der Waals surface area contributed by atoms with Crippen LogP contribution in [0, 0.1) is 17.2 Å². The number of aromatic nitrogens is 1. The van der Waals surface area contributed by atoms with Crippen LogP contribution in [0.1, 0.15) is 67.4 Å². The standard InChI is InChI=1S/C30H32F6IN3O3/c1-18(2)23-14-20(16-38)15-24-25(23)43-27(40-24)22-6-4-21(5-7-22)26(41)39-17-37-11-8-19(9-12-37)10-13-42-28(3,29(31,32)33)30(34,35)36/h4-7,14-15,18-19H,8-13,17H2,1-3H3,(H,39,41). The maximum atomic E-state index is 13.0. The molecule has 0 atom stereocenters. The molecule has 1 aliphatic heterocycles. The predicted octanol–water partition coefficient (Wildman–Crippen LogP) is 8.38. The van der Waals surface area contributed by atoms with Gasteiger partial charge in [0.15, 0.2) is 0 Å². The van der Waals surface area contributed by atoms with Gasteiger partial charge in [-0.2, -0.15) is 5.26 Å². The molecule has 2 heterocycles. The molecule has 0 spiro atoms. The predicted molar refractivity (Wildman–Crippen MR) is 158 cm³/mol. The average Bonchev–Trinajstić information content (AvgIpc) is 3.39. The molecule has 0 bridgehead atoms. The van der Waals surface area contributed by atoms with Gasteiger partial charge in [0.2, 0.25) is 0 Å². The van der Waals surface area contributed by atoms with Gasteiger partial charge in [0, 0.05) is 0 Å². The van der Waals surface area contributed by atoms with E-state index in [1.54, 1.807) is 36.4 Å². The molecule has 1 fully saturated rings. The van der Waals surface area contributed by atoms with Gasteiger partial charge in [-0.15, -0.1) is 0 Å². The molecule has 43 heavy (non-hydrogen) atoms. The van der Waals surface area contributed by atoms with Crippen molar-refractivity contribution < 1.29 is 40.3 Å². The number of rotatable bonds is 9. The summed E-state index contributed by atoms with van der Waals surface area (Å²) in [7, 11) is 0. The van der Waals surface area contributed by atoms with E-state index in [4.69, 9.17) is 4.42 Å². The monoisotopic (exact) mass is 723 g/mol. The Morgan fingerprint density at radius 2 is 1.74 bits per heavy atom. The summed E-state index contributed by atoms with van der Waals surface area (Å²) in [6.45, 7) is 3.42. The minimum atomic E-state index is -5.56. The third-order valence-electron chi connectivity index (χ3n) is 7.65. The van der Waals surface area contributed by atoms with Gasteiger partial charge in [-0.1, -0.05) is 13.8 Å². The second-order valence-corrected chi connectivity index (χ2v) is 17.1. The number of alkyl halides is 9. The number of hydrogen-bond donors (Lipinski definition) is 1. The van der Waals surface area contributed by atoms with Crippen LogP contribution in [0.2, 0.25) is 0 Å². The summed E-state index contributed by atoms with van der Waals surface area (Å²) >= 11 is -1.54. The molecule has 0 radical (unpaired) electrons. The van der Waals surface area contributed by atoms with Gasteiger partial charge < -0.3 is 0 Å². The molecule has 1 N–H and O–H groups in total. The van der Waals surface area contributed by atoms with Crippen LogP contribution in [0.5, 0.6) is 0 Å². The molecule has 1 saturated heterocycles. The van der Waals surface area contributed by atoms with Crippen LogP contribution in [0.4, 0.5) is 26.3 Å². The van der Waals surface area contributed by atoms with Crippen molar-refractivity contribution in [2.75, 3.05) is 20.0 Å². The third-order valence-corrected chi connectivity index (χ3v) is 13.4. The Morgan fingerprint density at radius 1 is 1.12 bits per heavy atom. The Kier molecular flexibility index (Phi) is 10.0. The Bertz CT molecular complexity index is 1460. The van der Waals surface area contributed by atoms with Crippen LogP contribution in [-0.2, 0) is 4.74 Å². The fourth-order valence-electron chi connectivity index (χ4n) is 4.73. The molecule has 0 saturated carbocycles. The zero-order valence-corrected chi connectivity index (χ0v) is 26.0. The van der Waals surface area contributed by atoms with E-state index >= 15 is 0 Å². The second-order valence-electron chi connectivity index (χ2n) is 11.0. The molecular weight excluding hydrogens is 691 g/mol. The molecule has 1 aliphatic rings. The zero-order chi connectivity index (χ0) is 31.6. The average molecular weight is 723 g/mol. The Labute approximate surface area is 252 Å². The fourth-order valence-corrected chi connectivity index (χ4v) is 10.4. The van der Waals surface area contributed by atoms with E-state index < -0.39 is 44.4 Å². The summed E-state index contributed by atoms with van der Waals surface area (Å²) in [5.41, 5.74) is -0.421. The number of halogens is 7. The third kappa shape index (κ3) is 7.45. The number of carbonyl (C=O) groups excluding carboxylic acids is 1. The normalized spacial score (nSPS) is 16.1. The molecule has 2 aromatic carbocycles. The summed E-state index contributed by atoms with van der Waals surface area (Å²) < 4.78 is 90.7. The maximum absolute atomic E-state index is 13.0. The number of fused-ring (bicyclic) bond motifs is 1. The van der Waals surface area contributed by atoms with E-state index in [0.29, 0.717) is 51.1 Å². The van der Waals surface area contributed by atoms with Gasteiger partial charge in [-0.05, 0) is 0 Å². The van der Waals surface area contributed by atoms with E-state index in [1.165, 1.54) is 0 Å². The number of oxazole rings is 1. The number of benzene rings is 2. The SMILES string of the molecule is CC(C)c1cc(C#N)cc2nc(-c3ccc(C(=O)NCI4CCC(CCOC(C)(C(F)(F)F)C(F)(F)F)CC4)cc3)oc12. The molecule has 234 valence electrons. The second kappa shape index (κ2) is 13.0. The van der Waals surface area contributed by atoms with Crippen molar-refractivity contribution >= 4 is 36.8 Å². The molecule has 3 aromatic rings. The molecule has 1 amide bonds. The molecule has 4 rings (SSSR count). The van der Waals surface area contributed by atoms with Gasteiger partial charge in [-0.3, -0.25) is 0 Å². The quantitative estimate of drug-likeness (QED) is 0.104. The van der Waals surface area contributed by atoms with Gasteiger partial charge in [0.25, 0.3) is 0 Å². The first-order chi connectivity index (χ1) is 20.1. The van der Waals surface area contributed by atoms with Gasteiger partial charge in [0.1, 0.15) is 0 Å². The van der Waals surface area contributed by atoms with Crippen molar-refractivity contribution in [3.63, 3.8) is 0 Å². The number of ether oxygens (including phenoxy) is 1. The van der Waals surface area contributed by atoms with Crippen LogP contribution >= 0.6 is 19.8 Å². The number of nitrogens with zero attached hydrogens (tertiary/aromatic N) is 2. The van der Waals surface area contributed by atoms with E-state index in [9.17, 15) is 36.4 Å². The summed E-state index contributed by atoms with van der Waals surface area (Å²) in [5.74, 6) is 0.290. The molecular formula is C30H32F6IN3O3. The molecule has 6 nitrogen and oxygen atoms in total. The number of carbonyl (C=O) groups is 1. The first kappa shape index (κ1) is 33.0. The van der Waals surface area contributed by atoms with Crippen molar-refractivity contribution in [2.45, 2.75) is 63.9 Å². The molecule has 13 heteroatoms. The Hall–Kier alpha value is -2.86. The van der Waals surface area contributed by atoms with E-state index in [1.807, 2.05) is 13.8 Å². The summed E-state index contributed by atoms with van der Waals surface area (Å²) in [6.07, 6.45) is -9.58. The first-order valence-electron chi connectivity index (χ1n) is 13.7. The Morgan fingerprint density at radius 3 is 2.30 bits per heavy atom. The van der Waals surface area contributed by atoms with Crippen molar-refractivity contribution in [3.8, 4) is 17.5 Å². The van der Waals surface area contributed by atoms with E-state index in [-0.39, 0.29) is 31.1 Å². The number of nitriles is 1. The number of nitrogens with one attached hydrogen (secondary N) is 1. The molecule has 1 aromatic heterocycles. The van der Waals surface area contributed by atoms with E-state index in [2.05, 4.69) is 21.1 Å². The van der Waals surface area contributed by atoms with Crippen LogP contribution in [0.15, 0.2) is 40.8 Å². The summed E-state index contributed by atoms with van der Waals surface area (Å²) in [5, 5.41) is 12.3. The Balaban J connectivity index is 1.26. The number of amides is 1. The van der Waals surface area contributed by atoms with Gasteiger partial charge in [0.05, 0.1) is 6.07 Å². The van der Waals surface area contributed by atoms with Gasteiger partial charge >= 0.3 is 228 Å². The summed E-state index contributed by atoms with van der Waals surface area (Å²) in [4.78, 5) is 17.3. The van der Waals surface area contributed by atoms with Crippen molar-refractivity contribution in [2.24, 2.45) is 5.92 Å². The van der Waals surface area contributed by atoms with Gasteiger partial charge in [-0.25, -0.2) is 0 Å². The fraction of sp³-hybridized carbons (Fsp3) is 0.500. The topological polar surface area (TPSA) is 88.2 Å². The van der Waals surface area contributed by atoms with E-state index in [0.717, 1.165) is 14.4 Å².